The van der Waals surface area contributed by atoms with Crippen molar-refractivity contribution in [2.75, 3.05) is 14.2 Å². The van der Waals surface area contributed by atoms with Crippen molar-refractivity contribution in [1.29, 1.82) is 0 Å². The topological polar surface area (TPSA) is 86.7 Å². The van der Waals surface area contributed by atoms with Crippen LogP contribution in [-0.4, -0.2) is 31.1 Å². The Balaban J connectivity index is 1.85. The molecule has 0 unspecified atom stereocenters. The Morgan fingerprint density at radius 2 is 0.970 bits per heavy atom. The van der Waals surface area contributed by atoms with Gasteiger partial charge in [-0.3, -0.25) is 0 Å². The number of hydrogen-bond donors (Lipinski definition) is 0. The Kier molecular flexibility index (Phi) is 5.10. The number of rotatable bonds is 6. The van der Waals surface area contributed by atoms with Crippen LogP contribution in [0.1, 0.15) is 29.4 Å². The second-order valence-corrected chi connectivity index (χ2v) is 11.8. The van der Waals surface area contributed by atoms with Gasteiger partial charge in [0.2, 0.25) is 19.7 Å². The van der Waals surface area contributed by atoms with Gasteiger partial charge < -0.3 is 9.47 Å². The lowest BCUT2D eigenvalue weighted by Crippen LogP contribution is -2.20. The van der Waals surface area contributed by atoms with E-state index in [1.54, 1.807) is 48.5 Å². The molecule has 0 aliphatic heterocycles. The van der Waals surface area contributed by atoms with Crippen molar-refractivity contribution < 1.29 is 26.3 Å². The molecule has 2 aliphatic carbocycles. The summed E-state index contributed by atoms with van der Waals surface area (Å²) in [5, 5.41) is 0. The van der Waals surface area contributed by atoms with Gasteiger partial charge in [0.15, 0.2) is 0 Å². The van der Waals surface area contributed by atoms with Crippen LogP contribution < -0.4 is 9.47 Å². The summed E-state index contributed by atoms with van der Waals surface area (Å²) < 4.78 is 66.6. The summed E-state index contributed by atoms with van der Waals surface area (Å²) in [7, 11) is -5.15. The van der Waals surface area contributed by atoms with Gasteiger partial charge in [-0.1, -0.05) is 36.4 Å². The van der Waals surface area contributed by atoms with Crippen molar-refractivity contribution in [3.8, 4) is 11.5 Å². The summed E-state index contributed by atoms with van der Waals surface area (Å²) in [6.07, 6.45) is 0.328. The molecule has 0 saturated heterocycles. The van der Waals surface area contributed by atoms with Crippen LogP contribution in [0.5, 0.6) is 11.5 Å². The van der Waals surface area contributed by atoms with Crippen LogP contribution in [0.3, 0.4) is 0 Å². The molecule has 0 heterocycles. The predicted molar refractivity (Wildman–Crippen MR) is 124 cm³/mol. The molecule has 2 aliphatic rings. The summed E-state index contributed by atoms with van der Waals surface area (Å²) in [5.74, 6) is -0.243. The van der Waals surface area contributed by atoms with Gasteiger partial charge in [0.05, 0.1) is 33.8 Å². The highest BCUT2D eigenvalue weighted by Gasteiger charge is 2.54. The molecule has 3 aromatic rings. The summed E-state index contributed by atoms with van der Waals surface area (Å²) in [4.78, 5) is -0.00309. The number of sulfone groups is 2. The number of fused-ring (bicyclic) bond motifs is 5. The van der Waals surface area contributed by atoms with Crippen LogP contribution in [0.25, 0.3) is 0 Å². The first-order valence-corrected chi connectivity index (χ1v) is 13.4. The number of ether oxygens (including phenoxy) is 2. The second-order valence-electron chi connectivity index (χ2n) is 8.00. The van der Waals surface area contributed by atoms with E-state index in [1.807, 2.05) is 0 Å². The fraction of sp³-hybridized carbons (Fsp3) is 0.200. The molecule has 0 aromatic heterocycles. The lowest BCUT2D eigenvalue weighted by Gasteiger charge is -2.26. The van der Waals surface area contributed by atoms with Gasteiger partial charge in [0.1, 0.15) is 11.5 Å². The molecule has 0 amide bonds. The Hall–Kier alpha value is -3.10. The van der Waals surface area contributed by atoms with Crippen molar-refractivity contribution in [3.63, 3.8) is 0 Å². The largest absolute Gasteiger partial charge is 0.496 e. The average Bonchev–Trinajstić information content (AvgIpc) is 3.43. The molecule has 8 heteroatoms. The summed E-state index contributed by atoms with van der Waals surface area (Å²) in [6, 6.07) is 19.4. The molecule has 2 bridgehead atoms. The molecule has 5 rings (SSSR count). The molecular formula is C25H22O6S2. The Morgan fingerprint density at radius 3 is 1.30 bits per heavy atom. The highest BCUT2D eigenvalue weighted by Crippen LogP contribution is 2.64. The first-order valence-electron chi connectivity index (χ1n) is 10.4. The van der Waals surface area contributed by atoms with E-state index < -0.39 is 31.5 Å². The SMILES string of the molecule is COc1ccc(OC)c2c1[C@@H]1C[C@H]2C(S(=O)(=O)c2ccccc2)=C1S(=O)(=O)c1ccccc1. The third-order valence-electron chi connectivity index (χ3n) is 6.38. The highest BCUT2D eigenvalue weighted by atomic mass is 32.2. The number of methoxy groups -OCH3 is 2. The number of hydrogen-bond acceptors (Lipinski definition) is 6. The van der Waals surface area contributed by atoms with E-state index in [9.17, 15) is 16.8 Å². The second kappa shape index (κ2) is 7.74. The molecule has 0 fully saturated rings. The lowest BCUT2D eigenvalue weighted by molar-refractivity contribution is 0.396. The van der Waals surface area contributed by atoms with Crippen molar-refractivity contribution in [1.82, 2.24) is 0 Å². The van der Waals surface area contributed by atoms with Crippen LogP contribution >= 0.6 is 0 Å². The van der Waals surface area contributed by atoms with Crippen molar-refractivity contribution >= 4 is 19.7 Å². The van der Waals surface area contributed by atoms with Gasteiger partial charge in [-0.2, -0.15) is 0 Å². The summed E-state index contributed by atoms with van der Waals surface area (Å²) in [5.41, 5.74) is 1.37. The molecular weight excluding hydrogens is 460 g/mol. The molecule has 3 aromatic carbocycles. The van der Waals surface area contributed by atoms with E-state index in [1.165, 1.54) is 38.5 Å². The molecule has 0 radical (unpaired) electrons. The summed E-state index contributed by atoms with van der Waals surface area (Å²) in [6.45, 7) is 0. The quantitative estimate of drug-likeness (QED) is 0.516. The Morgan fingerprint density at radius 1 is 0.606 bits per heavy atom. The third kappa shape index (κ3) is 3.12. The van der Waals surface area contributed by atoms with Crippen molar-refractivity contribution in [2.24, 2.45) is 0 Å². The van der Waals surface area contributed by atoms with Crippen LogP contribution in [-0.2, 0) is 19.7 Å². The first-order chi connectivity index (χ1) is 15.8. The standard InChI is InChI=1S/C25H22O6S2/c1-30-20-13-14-21(31-2)23-19-15-18(22(20)23)24(32(26,27)16-9-5-3-6-10-16)25(19)33(28,29)17-11-7-4-8-12-17/h3-14,18-19H,15H2,1-2H3/t18-,19+. The fourth-order valence-corrected chi connectivity index (χ4v) is 9.24. The van der Waals surface area contributed by atoms with Gasteiger partial charge in [0.25, 0.3) is 0 Å². The van der Waals surface area contributed by atoms with E-state index in [-0.39, 0.29) is 19.6 Å². The van der Waals surface area contributed by atoms with Gasteiger partial charge in [-0.25, -0.2) is 16.8 Å². The lowest BCUT2D eigenvalue weighted by atomic mass is 9.94. The fourth-order valence-electron chi connectivity index (χ4n) is 5.06. The van der Waals surface area contributed by atoms with Crippen LogP contribution in [0, 0.1) is 0 Å². The molecule has 33 heavy (non-hydrogen) atoms. The van der Waals surface area contributed by atoms with E-state index >= 15 is 0 Å². The van der Waals surface area contributed by atoms with Crippen molar-refractivity contribution in [3.05, 3.63) is 93.7 Å². The van der Waals surface area contributed by atoms with Crippen molar-refractivity contribution in [2.45, 2.75) is 28.0 Å². The first kappa shape index (κ1) is 21.7. The molecule has 0 saturated carbocycles. The summed E-state index contributed by atoms with van der Waals surface area (Å²) >= 11 is 0. The minimum atomic E-state index is -4.09. The van der Waals surface area contributed by atoms with Crippen LogP contribution in [0.4, 0.5) is 0 Å². The normalized spacial score (nSPS) is 19.5. The molecule has 2 atom stereocenters. The molecule has 0 spiro atoms. The maximum absolute atomic E-state index is 13.9. The predicted octanol–water partition coefficient (Wildman–Crippen LogP) is 4.45. The van der Waals surface area contributed by atoms with E-state index in [4.69, 9.17) is 9.47 Å². The Bertz CT molecular complexity index is 1360. The zero-order valence-electron chi connectivity index (χ0n) is 18.1. The molecule has 6 nitrogen and oxygen atoms in total. The third-order valence-corrected chi connectivity index (χ3v) is 10.5. The monoisotopic (exact) mass is 482 g/mol. The van der Waals surface area contributed by atoms with Gasteiger partial charge >= 0.3 is 0 Å². The molecule has 0 N–H and O–H groups in total. The van der Waals surface area contributed by atoms with Crippen LogP contribution in [0.2, 0.25) is 0 Å². The van der Waals surface area contributed by atoms with Gasteiger partial charge in [-0.15, -0.1) is 0 Å². The van der Waals surface area contributed by atoms with E-state index in [0.717, 1.165) is 0 Å². The zero-order valence-corrected chi connectivity index (χ0v) is 19.7. The molecule has 170 valence electrons. The average molecular weight is 483 g/mol. The van der Waals surface area contributed by atoms with Gasteiger partial charge in [-0.05, 0) is 42.8 Å². The maximum atomic E-state index is 13.9. The van der Waals surface area contributed by atoms with E-state index in [2.05, 4.69) is 0 Å². The maximum Gasteiger partial charge on any atom is 0.204 e. The smallest absolute Gasteiger partial charge is 0.204 e. The number of allylic oxidation sites excluding steroid dienone is 2. The highest BCUT2D eigenvalue weighted by molar-refractivity contribution is 7.99. The van der Waals surface area contributed by atoms with Gasteiger partial charge in [0, 0.05) is 23.0 Å². The number of benzene rings is 3. The van der Waals surface area contributed by atoms with Crippen LogP contribution in [0.15, 0.2) is 92.4 Å². The van der Waals surface area contributed by atoms with E-state index in [0.29, 0.717) is 29.0 Å². The minimum Gasteiger partial charge on any atom is -0.496 e. The zero-order chi connectivity index (χ0) is 23.4. The Labute approximate surface area is 193 Å². The minimum absolute atomic E-state index is 0.0664.